The zero-order valence-electron chi connectivity index (χ0n) is 22.6. The van der Waals surface area contributed by atoms with E-state index in [2.05, 4.69) is 5.32 Å². The molecule has 2 atom stereocenters. The first kappa shape index (κ1) is 27.2. The van der Waals surface area contributed by atoms with Crippen LogP contribution in [0.5, 0.6) is 11.5 Å². The fraction of sp³-hybridized carbons (Fsp3) is 0.375. The van der Waals surface area contributed by atoms with Crippen LogP contribution in [0, 0.1) is 6.92 Å². The Kier molecular flexibility index (Phi) is 9.41. The molecule has 3 aromatic rings. The number of nitrogens with zero attached hydrogens (tertiary/aromatic N) is 1. The van der Waals surface area contributed by atoms with Crippen molar-refractivity contribution in [3.05, 3.63) is 95.1 Å². The van der Waals surface area contributed by atoms with Crippen molar-refractivity contribution in [3.63, 3.8) is 0 Å². The molecule has 4 rings (SSSR count). The van der Waals surface area contributed by atoms with Crippen LogP contribution in [0.25, 0.3) is 0 Å². The summed E-state index contributed by atoms with van der Waals surface area (Å²) in [5.74, 6) is 1.27. The Morgan fingerprint density at radius 1 is 0.895 bits per heavy atom. The lowest BCUT2D eigenvalue weighted by atomic mass is 10.0. The fourth-order valence-electron chi connectivity index (χ4n) is 4.52. The van der Waals surface area contributed by atoms with Crippen molar-refractivity contribution >= 4 is 11.8 Å². The SMILES string of the molecule is CCC(C)NC(=O)C(Cc1ccccc1)N(Cc1ccc(C)cc1)C(=O)CCc1ccc2c(c1)OCCO2. The lowest BCUT2D eigenvalue weighted by Crippen LogP contribution is -2.52. The Bertz CT molecular complexity index is 1210. The van der Waals surface area contributed by atoms with Gasteiger partial charge in [0, 0.05) is 25.4 Å². The third-order valence-corrected chi connectivity index (χ3v) is 6.98. The number of carbonyl (C=O) groups excluding carboxylic acids is 2. The number of fused-ring (bicyclic) bond motifs is 1. The van der Waals surface area contributed by atoms with Crippen molar-refractivity contribution in [2.24, 2.45) is 0 Å². The van der Waals surface area contributed by atoms with Gasteiger partial charge in [-0.25, -0.2) is 0 Å². The van der Waals surface area contributed by atoms with E-state index in [0.717, 1.165) is 34.4 Å². The average Bonchev–Trinajstić information content (AvgIpc) is 2.94. The minimum Gasteiger partial charge on any atom is -0.486 e. The van der Waals surface area contributed by atoms with Crippen molar-refractivity contribution in [1.29, 1.82) is 0 Å². The van der Waals surface area contributed by atoms with E-state index in [1.807, 2.05) is 93.6 Å². The molecular weight excluding hydrogens is 476 g/mol. The van der Waals surface area contributed by atoms with Gasteiger partial charge in [0.25, 0.3) is 0 Å². The highest BCUT2D eigenvalue weighted by molar-refractivity contribution is 5.88. The van der Waals surface area contributed by atoms with Crippen molar-refractivity contribution < 1.29 is 19.1 Å². The number of aryl methyl sites for hydroxylation is 2. The molecule has 6 nitrogen and oxygen atoms in total. The Morgan fingerprint density at radius 3 is 2.29 bits per heavy atom. The lowest BCUT2D eigenvalue weighted by Gasteiger charge is -2.32. The molecule has 0 aliphatic carbocycles. The summed E-state index contributed by atoms with van der Waals surface area (Å²) in [6.45, 7) is 7.50. The van der Waals surface area contributed by atoms with E-state index in [1.165, 1.54) is 0 Å². The highest BCUT2D eigenvalue weighted by Gasteiger charge is 2.30. The summed E-state index contributed by atoms with van der Waals surface area (Å²) in [6.07, 6.45) is 2.10. The number of nitrogens with one attached hydrogen (secondary N) is 1. The molecule has 0 radical (unpaired) electrons. The molecule has 3 aromatic carbocycles. The minimum absolute atomic E-state index is 0.0230. The Balaban J connectivity index is 1.59. The van der Waals surface area contributed by atoms with E-state index in [-0.39, 0.29) is 24.3 Å². The van der Waals surface area contributed by atoms with E-state index in [1.54, 1.807) is 4.90 Å². The van der Waals surface area contributed by atoms with Crippen molar-refractivity contribution in [2.75, 3.05) is 13.2 Å². The van der Waals surface area contributed by atoms with Gasteiger partial charge in [0.05, 0.1) is 0 Å². The molecule has 0 fully saturated rings. The molecule has 0 bridgehead atoms. The van der Waals surface area contributed by atoms with E-state index >= 15 is 0 Å². The summed E-state index contributed by atoms with van der Waals surface area (Å²) in [6, 6.07) is 23.3. The van der Waals surface area contributed by atoms with Crippen molar-refractivity contribution in [3.8, 4) is 11.5 Å². The molecule has 1 aliphatic heterocycles. The second-order valence-corrected chi connectivity index (χ2v) is 10.0. The number of hydrogen-bond donors (Lipinski definition) is 1. The topological polar surface area (TPSA) is 67.9 Å². The molecule has 1 N–H and O–H groups in total. The van der Waals surface area contributed by atoms with Crippen LogP contribution >= 0.6 is 0 Å². The average molecular weight is 515 g/mol. The van der Waals surface area contributed by atoms with Gasteiger partial charge in [-0.3, -0.25) is 9.59 Å². The number of carbonyl (C=O) groups is 2. The molecule has 2 unspecified atom stereocenters. The molecule has 1 heterocycles. The fourth-order valence-corrected chi connectivity index (χ4v) is 4.52. The summed E-state index contributed by atoms with van der Waals surface area (Å²) in [7, 11) is 0. The van der Waals surface area contributed by atoms with Crippen LogP contribution in [-0.4, -0.2) is 42.0 Å². The number of amides is 2. The van der Waals surface area contributed by atoms with Gasteiger partial charge < -0.3 is 19.7 Å². The van der Waals surface area contributed by atoms with Gasteiger partial charge in [-0.05, 0) is 55.5 Å². The van der Waals surface area contributed by atoms with Crippen LogP contribution < -0.4 is 14.8 Å². The molecule has 2 amide bonds. The predicted octanol–water partition coefficient (Wildman–Crippen LogP) is 5.25. The van der Waals surface area contributed by atoms with Crippen LogP contribution in [0.3, 0.4) is 0 Å². The maximum absolute atomic E-state index is 13.9. The first-order valence-electron chi connectivity index (χ1n) is 13.5. The Morgan fingerprint density at radius 2 is 1.58 bits per heavy atom. The van der Waals surface area contributed by atoms with Gasteiger partial charge in [-0.2, -0.15) is 0 Å². The van der Waals surface area contributed by atoms with Crippen LogP contribution in [0.2, 0.25) is 0 Å². The number of rotatable bonds is 11. The molecule has 200 valence electrons. The standard InChI is InChI=1S/C32H38N2O4/c1-4-24(3)33-32(36)28(20-25-8-6-5-7-9-25)34(22-27-12-10-23(2)11-13-27)31(35)17-15-26-14-16-29-30(21-26)38-19-18-37-29/h5-14,16,21,24,28H,4,15,17-20,22H2,1-3H3,(H,33,36). The maximum atomic E-state index is 13.9. The van der Waals surface area contributed by atoms with Crippen LogP contribution in [0.4, 0.5) is 0 Å². The first-order valence-corrected chi connectivity index (χ1v) is 13.5. The van der Waals surface area contributed by atoms with E-state index in [0.29, 0.717) is 38.3 Å². The van der Waals surface area contributed by atoms with Crippen LogP contribution in [0.1, 0.15) is 48.9 Å². The highest BCUT2D eigenvalue weighted by Crippen LogP contribution is 2.31. The van der Waals surface area contributed by atoms with Crippen molar-refractivity contribution in [2.45, 2.75) is 65.1 Å². The van der Waals surface area contributed by atoms with Gasteiger partial charge in [-0.1, -0.05) is 73.2 Å². The largest absolute Gasteiger partial charge is 0.486 e. The number of ether oxygens (including phenoxy) is 2. The number of hydrogen-bond acceptors (Lipinski definition) is 4. The summed E-state index contributed by atoms with van der Waals surface area (Å²) >= 11 is 0. The monoisotopic (exact) mass is 514 g/mol. The molecule has 1 aliphatic rings. The number of benzene rings is 3. The summed E-state index contributed by atoms with van der Waals surface area (Å²) in [4.78, 5) is 29.2. The van der Waals surface area contributed by atoms with Gasteiger partial charge in [0.2, 0.25) is 11.8 Å². The first-order chi connectivity index (χ1) is 18.4. The predicted molar refractivity (Wildman–Crippen MR) is 149 cm³/mol. The van der Waals surface area contributed by atoms with E-state index in [9.17, 15) is 9.59 Å². The molecule has 38 heavy (non-hydrogen) atoms. The molecule has 0 saturated heterocycles. The van der Waals surface area contributed by atoms with E-state index < -0.39 is 6.04 Å². The zero-order valence-corrected chi connectivity index (χ0v) is 22.6. The van der Waals surface area contributed by atoms with Gasteiger partial charge in [-0.15, -0.1) is 0 Å². The Labute approximate surface area is 226 Å². The molecule has 0 spiro atoms. The van der Waals surface area contributed by atoms with Gasteiger partial charge in [0.15, 0.2) is 11.5 Å². The van der Waals surface area contributed by atoms with Gasteiger partial charge in [0.1, 0.15) is 19.3 Å². The zero-order chi connectivity index (χ0) is 26.9. The van der Waals surface area contributed by atoms with Crippen molar-refractivity contribution in [1.82, 2.24) is 10.2 Å². The molecule has 6 heteroatoms. The lowest BCUT2D eigenvalue weighted by molar-refractivity contribution is -0.141. The second-order valence-electron chi connectivity index (χ2n) is 10.0. The van der Waals surface area contributed by atoms with Crippen LogP contribution in [-0.2, 0) is 29.0 Å². The second kappa shape index (κ2) is 13.1. The van der Waals surface area contributed by atoms with Gasteiger partial charge >= 0.3 is 0 Å². The minimum atomic E-state index is -0.625. The maximum Gasteiger partial charge on any atom is 0.243 e. The van der Waals surface area contributed by atoms with E-state index in [4.69, 9.17) is 9.47 Å². The molecular formula is C32H38N2O4. The smallest absolute Gasteiger partial charge is 0.243 e. The summed E-state index contributed by atoms with van der Waals surface area (Å²) in [5, 5.41) is 3.12. The Hall–Kier alpha value is -3.80. The molecule has 0 saturated carbocycles. The van der Waals surface area contributed by atoms with Crippen LogP contribution in [0.15, 0.2) is 72.8 Å². The third-order valence-electron chi connectivity index (χ3n) is 6.98. The summed E-state index contributed by atoms with van der Waals surface area (Å²) in [5.41, 5.74) is 4.17. The quantitative estimate of drug-likeness (QED) is 0.379. The normalized spacial score (nSPS) is 13.9. The summed E-state index contributed by atoms with van der Waals surface area (Å²) < 4.78 is 11.3. The highest BCUT2D eigenvalue weighted by atomic mass is 16.6. The molecule has 0 aromatic heterocycles. The third kappa shape index (κ3) is 7.37.